The Morgan fingerprint density at radius 2 is 1.04 bits per heavy atom. The molecule has 2 aromatic carbocycles. The molecule has 2 nitrogen and oxygen atoms in total. The number of anilines is 2. The van der Waals surface area contributed by atoms with Crippen molar-refractivity contribution in [3.63, 3.8) is 0 Å². The van der Waals surface area contributed by atoms with E-state index in [1.165, 1.54) is 12.1 Å². The molecule has 0 atom stereocenters. The van der Waals surface area contributed by atoms with Gasteiger partial charge in [0.15, 0.2) is 0 Å². The Kier molecular flexibility index (Phi) is 15.0. The fraction of sp³-hybridized carbons (Fsp3) is 0.400. The lowest BCUT2D eigenvalue weighted by atomic mass is 10.2. The zero-order valence-corrected chi connectivity index (χ0v) is 15.9. The molecule has 0 spiro atoms. The molecule has 0 aromatic heterocycles. The highest BCUT2D eigenvalue weighted by Gasteiger charge is 2.03. The molecule has 23 heavy (non-hydrogen) atoms. The van der Waals surface area contributed by atoms with Crippen molar-refractivity contribution in [1.29, 1.82) is 0 Å². The van der Waals surface area contributed by atoms with E-state index >= 15 is 0 Å². The second kappa shape index (κ2) is 14.9. The molecule has 0 N–H and O–H groups in total. The second-order valence-electron chi connectivity index (χ2n) is 3.73. The zero-order valence-electron chi connectivity index (χ0n) is 15.9. The fourth-order valence-electron chi connectivity index (χ4n) is 1.62. The summed E-state index contributed by atoms with van der Waals surface area (Å²) >= 11 is 0. The van der Waals surface area contributed by atoms with E-state index in [0.717, 1.165) is 17.1 Å². The molecule has 2 aromatic rings. The lowest BCUT2D eigenvalue weighted by molar-refractivity contribution is 0.415. The van der Waals surface area contributed by atoms with Crippen LogP contribution in [0.4, 0.5) is 15.8 Å². The first-order valence-electron chi connectivity index (χ1n) is 8.34. The Morgan fingerprint density at radius 3 is 1.39 bits per heavy atom. The number of halogens is 1. The molecule has 0 heterocycles. The Bertz CT molecular complexity index is 480. The lowest BCUT2D eigenvalue weighted by Crippen LogP contribution is -2.08. The van der Waals surface area contributed by atoms with Gasteiger partial charge in [0.05, 0.1) is 7.11 Å². The highest BCUT2D eigenvalue weighted by Crippen LogP contribution is 2.25. The van der Waals surface area contributed by atoms with Crippen LogP contribution in [-0.4, -0.2) is 14.2 Å². The molecular weight excluding hydrogens is 289 g/mol. The van der Waals surface area contributed by atoms with Crippen molar-refractivity contribution in [2.45, 2.75) is 41.5 Å². The first kappa shape index (κ1) is 23.2. The van der Waals surface area contributed by atoms with Gasteiger partial charge in [-0.25, -0.2) is 4.39 Å². The SMILES string of the molecule is CC.CC.CC.COc1ccc(N(C)c2ccc(F)cc2)cc1. The fourth-order valence-corrected chi connectivity index (χ4v) is 1.62. The standard InChI is InChI=1S/C14H14FNO.3C2H6/c1-16(12-5-3-11(15)4-6-12)13-7-9-14(17-2)10-8-13;3*1-2/h3-10H,1-2H3;3*1-2H3. The smallest absolute Gasteiger partial charge is 0.123 e. The summed E-state index contributed by atoms with van der Waals surface area (Å²) in [6.45, 7) is 12.0. The van der Waals surface area contributed by atoms with Crippen LogP contribution in [0, 0.1) is 5.82 Å². The molecule has 0 unspecified atom stereocenters. The van der Waals surface area contributed by atoms with E-state index in [1.54, 1.807) is 19.2 Å². The molecule has 0 radical (unpaired) electrons. The van der Waals surface area contributed by atoms with Gasteiger partial charge < -0.3 is 9.64 Å². The number of hydrogen-bond acceptors (Lipinski definition) is 2. The minimum absolute atomic E-state index is 0.225. The van der Waals surface area contributed by atoms with Crippen LogP contribution in [-0.2, 0) is 0 Å². The van der Waals surface area contributed by atoms with E-state index in [0.29, 0.717) is 0 Å². The number of hydrogen-bond donors (Lipinski definition) is 0. The van der Waals surface area contributed by atoms with Crippen molar-refractivity contribution in [2.75, 3.05) is 19.1 Å². The van der Waals surface area contributed by atoms with Crippen LogP contribution in [0.3, 0.4) is 0 Å². The molecule has 0 saturated carbocycles. The maximum atomic E-state index is 12.8. The normalized spacial score (nSPS) is 8.22. The minimum Gasteiger partial charge on any atom is -0.497 e. The zero-order chi connectivity index (χ0) is 18.3. The number of benzene rings is 2. The highest BCUT2D eigenvalue weighted by molar-refractivity contribution is 5.62. The number of nitrogens with zero attached hydrogens (tertiary/aromatic N) is 1. The molecule has 0 aliphatic heterocycles. The van der Waals surface area contributed by atoms with Gasteiger partial charge in [-0.15, -0.1) is 0 Å². The predicted octanol–water partition coefficient (Wildman–Crippen LogP) is 6.68. The van der Waals surface area contributed by atoms with Gasteiger partial charge in [-0.1, -0.05) is 41.5 Å². The van der Waals surface area contributed by atoms with Crippen LogP contribution in [0.15, 0.2) is 48.5 Å². The lowest BCUT2D eigenvalue weighted by Gasteiger charge is -2.19. The molecule has 0 aliphatic carbocycles. The molecule has 2 rings (SSSR count). The van der Waals surface area contributed by atoms with Gasteiger partial charge in [-0.05, 0) is 48.5 Å². The molecule has 0 bridgehead atoms. The van der Waals surface area contributed by atoms with Crippen LogP contribution in [0.5, 0.6) is 5.75 Å². The van der Waals surface area contributed by atoms with E-state index in [-0.39, 0.29) is 5.82 Å². The number of methoxy groups -OCH3 is 1. The van der Waals surface area contributed by atoms with Gasteiger partial charge in [0.25, 0.3) is 0 Å². The average Bonchev–Trinajstić information content (AvgIpc) is 2.67. The molecule has 0 aliphatic rings. The summed E-state index contributed by atoms with van der Waals surface area (Å²) in [7, 11) is 3.58. The van der Waals surface area contributed by atoms with Crippen LogP contribution >= 0.6 is 0 Å². The van der Waals surface area contributed by atoms with E-state index < -0.39 is 0 Å². The van der Waals surface area contributed by atoms with Crippen molar-refractivity contribution in [3.05, 3.63) is 54.3 Å². The van der Waals surface area contributed by atoms with Crippen molar-refractivity contribution in [3.8, 4) is 5.75 Å². The number of ether oxygens (including phenoxy) is 1. The van der Waals surface area contributed by atoms with E-state index in [9.17, 15) is 4.39 Å². The van der Waals surface area contributed by atoms with Gasteiger partial charge in [-0.2, -0.15) is 0 Å². The van der Waals surface area contributed by atoms with Gasteiger partial charge in [-0.3, -0.25) is 0 Å². The summed E-state index contributed by atoms with van der Waals surface area (Å²) in [6.07, 6.45) is 0. The van der Waals surface area contributed by atoms with Gasteiger partial charge in [0, 0.05) is 18.4 Å². The Morgan fingerprint density at radius 1 is 0.696 bits per heavy atom. The van der Waals surface area contributed by atoms with E-state index in [4.69, 9.17) is 4.74 Å². The van der Waals surface area contributed by atoms with Gasteiger partial charge in [0.2, 0.25) is 0 Å². The van der Waals surface area contributed by atoms with Crippen LogP contribution in [0.1, 0.15) is 41.5 Å². The van der Waals surface area contributed by atoms with Crippen molar-refractivity contribution >= 4 is 11.4 Å². The van der Waals surface area contributed by atoms with Crippen molar-refractivity contribution in [2.24, 2.45) is 0 Å². The third-order valence-electron chi connectivity index (χ3n) is 2.67. The van der Waals surface area contributed by atoms with E-state index in [1.807, 2.05) is 77.8 Å². The largest absolute Gasteiger partial charge is 0.497 e. The van der Waals surface area contributed by atoms with Crippen LogP contribution in [0.25, 0.3) is 0 Å². The van der Waals surface area contributed by atoms with E-state index in [2.05, 4.69) is 0 Å². The monoisotopic (exact) mass is 321 g/mol. The second-order valence-corrected chi connectivity index (χ2v) is 3.73. The Labute approximate surface area is 141 Å². The molecule has 3 heteroatoms. The maximum Gasteiger partial charge on any atom is 0.123 e. The topological polar surface area (TPSA) is 12.5 Å². The van der Waals surface area contributed by atoms with Crippen LogP contribution in [0.2, 0.25) is 0 Å². The maximum absolute atomic E-state index is 12.8. The molecule has 0 amide bonds. The summed E-state index contributed by atoms with van der Waals surface area (Å²) in [5.74, 6) is 0.595. The molecular formula is C20H32FNO. The average molecular weight is 321 g/mol. The molecule has 0 fully saturated rings. The van der Waals surface area contributed by atoms with Crippen LogP contribution < -0.4 is 9.64 Å². The minimum atomic E-state index is -0.225. The Hall–Kier alpha value is -2.03. The summed E-state index contributed by atoms with van der Waals surface area (Å²) < 4.78 is 17.9. The van der Waals surface area contributed by atoms with Gasteiger partial charge in [0.1, 0.15) is 11.6 Å². The third kappa shape index (κ3) is 8.24. The number of rotatable bonds is 3. The highest BCUT2D eigenvalue weighted by atomic mass is 19.1. The Balaban J connectivity index is 0. The van der Waals surface area contributed by atoms with Crippen molar-refractivity contribution in [1.82, 2.24) is 0 Å². The predicted molar refractivity (Wildman–Crippen MR) is 102 cm³/mol. The molecule has 0 saturated heterocycles. The quantitative estimate of drug-likeness (QED) is 0.625. The first-order chi connectivity index (χ1) is 11.2. The summed E-state index contributed by atoms with van der Waals surface area (Å²) in [4.78, 5) is 1.98. The summed E-state index contributed by atoms with van der Waals surface area (Å²) in [5.41, 5.74) is 1.97. The summed E-state index contributed by atoms with van der Waals surface area (Å²) in [5, 5.41) is 0. The third-order valence-corrected chi connectivity index (χ3v) is 2.67. The van der Waals surface area contributed by atoms with Crippen molar-refractivity contribution < 1.29 is 9.13 Å². The first-order valence-corrected chi connectivity index (χ1v) is 8.34. The summed E-state index contributed by atoms with van der Waals surface area (Å²) in [6, 6.07) is 14.1. The molecule has 130 valence electrons. The van der Waals surface area contributed by atoms with Gasteiger partial charge >= 0.3 is 0 Å².